The van der Waals surface area contributed by atoms with Crippen molar-refractivity contribution in [2.75, 3.05) is 6.61 Å². The third kappa shape index (κ3) is 42.1. The van der Waals surface area contributed by atoms with Crippen molar-refractivity contribution in [1.82, 2.24) is 5.32 Å². The molecule has 4 nitrogen and oxygen atoms in total. The molecule has 0 rings (SSSR count). The standard InChI is InChI=1S/C49H97NO3/c1-3-5-7-9-11-13-15-17-19-20-21-22-23-24-25-26-27-28-29-30-31-32-34-36-38-40-42-44-48(52)47(46-51)50-49(53)45-43-41-39-37-35-33-18-16-14-12-10-8-6-4-2/h16,18,47-48,51-52H,3-15,17,19-46H2,1-2H3,(H,50,53)/b18-16-. The normalized spacial score (nSPS) is 12.9. The van der Waals surface area contributed by atoms with Crippen LogP contribution in [-0.2, 0) is 4.79 Å². The molecule has 3 N–H and O–H groups in total. The summed E-state index contributed by atoms with van der Waals surface area (Å²) in [7, 11) is 0. The van der Waals surface area contributed by atoms with E-state index in [0.29, 0.717) is 12.8 Å². The zero-order chi connectivity index (χ0) is 38.6. The monoisotopic (exact) mass is 748 g/mol. The van der Waals surface area contributed by atoms with E-state index in [-0.39, 0.29) is 12.5 Å². The van der Waals surface area contributed by atoms with Crippen LogP contribution in [0.25, 0.3) is 0 Å². The van der Waals surface area contributed by atoms with E-state index in [2.05, 4.69) is 31.3 Å². The predicted molar refractivity (Wildman–Crippen MR) is 235 cm³/mol. The Hall–Kier alpha value is -0.870. The number of allylic oxidation sites excluding steroid dienone is 2. The molecule has 0 bridgehead atoms. The molecule has 0 aliphatic rings. The van der Waals surface area contributed by atoms with Crippen molar-refractivity contribution < 1.29 is 15.0 Å². The van der Waals surface area contributed by atoms with Crippen molar-refractivity contribution >= 4 is 5.91 Å². The van der Waals surface area contributed by atoms with Crippen molar-refractivity contribution in [2.24, 2.45) is 0 Å². The molecule has 1 amide bonds. The van der Waals surface area contributed by atoms with Gasteiger partial charge in [0.15, 0.2) is 0 Å². The summed E-state index contributed by atoms with van der Waals surface area (Å²) in [5.74, 6) is -0.0369. The quantitative estimate of drug-likeness (QED) is 0.0429. The Morgan fingerprint density at radius 1 is 0.434 bits per heavy atom. The highest BCUT2D eigenvalue weighted by molar-refractivity contribution is 5.76. The zero-order valence-corrected chi connectivity index (χ0v) is 36.3. The zero-order valence-electron chi connectivity index (χ0n) is 36.3. The fourth-order valence-electron chi connectivity index (χ4n) is 7.77. The third-order valence-electron chi connectivity index (χ3n) is 11.5. The SMILES string of the molecule is CCCCCCC/C=C\CCCCCCCC(=O)NC(CO)C(O)CCCCCCCCCCCCCCCCCCCCCCCCCCCCC. The Balaban J connectivity index is 3.42. The number of unbranched alkanes of at least 4 members (excludes halogenated alkanes) is 36. The number of aliphatic hydroxyl groups excluding tert-OH is 2. The Labute approximate surface area is 333 Å². The Kier molecular flexibility index (Phi) is 44.8. The Bertz CT molecular complexity index is 725. The van der Waals surface area contributed by atoms with Gasteiger partial charge in [0.25, 0.3) is 0 Å². The van der Waals surface area contributed by atoms with Gasteiger partial charge in [-0.15, -0.1) is 0 Å². The first-order valence-corrected chi connectivity index (χ1v) is 24.4. The van der Waals surface area contributed by atoms with Crippen LogP contribution in [0.1, 0.15) is 277 Å². The lowest BCUT2D eigenvalue weighted by molar-refractivity contribution is -0.123. The van der Waals surface area contributed by atoms with E-state index in [1.807, 2.05) is 0 Å². The number of hydrogen-bond donors (Lipinski definition) is 3. The maximum atomic E-state index is 12.4. The van der Waals surface area contributed by atoms with E-state index in [0.717, 1.165) is 25.7 Å². The molecule has 316 valence electrons. The van der Waals surface area contributed by atoms with Gasteiger partial charge in [-0.3, -0.25) is 4.79 Å². The molecule has 0 saturated heterocycles. The summed E-state index contributed by atoms with van der Waals surface area (Å²) >= 11 is 0. The molecule has 4 heteroatoms. The number of aliphatic hydroxyl groups is 2. The molecule has 0 aromatic heterocycles. The van der Waals surface area contributed by atoms with Gasteiger partial charge in [0, 0.05) is 6.42 Å². The van der Waals surface area contributed by atoms with Gasteiger partial charge < -0.3 is 15.5 Å². The van der Waals surface area contributed by atoms with Crippen LogP contribution in [0.4, 0.5) is 0 Å². The number of carbonyl (C=O) groups is 1. The second-order valence-electron chi connectivity index (χ2n) is 16.9. The van der Waals surface area contributed by atoms with E-state index in [1.54, 1.807) is 0 Å². The minimum Gasteiger partial charge on any atom is -0.394 e. The topological polar surface area (TPSA) is 69.6 Å². The summed E-state index contributed by atoms with van der Waals surface area (Å²) in [5, 5.41) is 23.2. The summed E-state index contributed by atoms with van der Waals surface area (Å²) in [6.07, 6.45) is 57.4. The predicted octanol–water partition coefficient (Wildman–Crippen LogP) is 15.4. The van der Waals surface area contributed by atoms with Gasteiger partial charge in [-0.1, -0.05) is 244 Å². The van der Waals surface area contributed by atoms with Gasteiger partial charge in [-0.25, -0.2) is 0 Å². The van der Waals surface area contributed by atoms with Crippen LogP contribution in [0.5, 0.6) is 0 Å². The summed E-state index contributed by atoms with van der Waals surface area (Å²) in [4.78, 5) is 12.4. The number of carbonyl (C=O) groups excluding carboxylic acids is 1. The number of nitrogens with one attached hydrogen (secondary N) is 1. The molecule has 2 atom stereocenters. The smallest absolute Gasteiger partial charge is 0.220 e. The average Bonchev–Trinajstić information content (AvgIpc) is 3.16. The fourth-order valence-corrected chi connectivity index (χ4v) is 7.77. The van der Waals surface area contributed by atoms with Crippen LogP contribution in [0.2, 0.25) is 0 Å². The first-order valence-electron chi connectivity index (χ1n) is 24.4. The summed E-state index contributed by atoms with van der Waals surface area (Å²) in [6, 6.07) is -0.537. The van der Waals surface area contributed by atoms with Crippen molar-refractivity contribution in [1.29, 1.82) is 0 Å². The minimum atomic E-state index is -0.660. The van der Waals surface area contributed by atoms with E-state index < -0.39 is 12.1 Å². The average molecular weight is 748 g/mol. The first kappa shape index (κ1) is 52.1. The molecule has 0 saturated carbocycles. The molecule has 0 spiro atoms. The maximum absolute atomic E-state index is 12.4. The van der Waals surface area contributed by atoms with Gasteiger partial charge in [0.1, 0.15) is 0 Å². The molecular formula is C49H97NO3. The largest absolute Gasteiger partial charge is 0.394 e. The number of amides is 1. The molecule has 53 heavy (non-hydrogen) atoms. The van der Waals surface area contributed by atoms with Crippen LogP contribution in [0.3, 0.4) is 0 Å². The lowest BCUT2D eigenvalue weighted by Gasteiger charge is -2.22. The van der Waals surface area contributed by atoms with Crippen LogP contribution in [-0.4, -0.2) is 34.9 Å². The lowest BCUT2D eigenvalue weighted by Crippen LogP contribution is -2.45. The maximum Gasteiger partial charge on any atom is 0.220 e. The van der Waals surface area contributed by atoms with Crippen molar-refractivity contribution in [3.63, 3.8) is 0 Å². The molecule has 0 aromatic rings. The molecule has 0 aliphatic carbocycles. The third-order valence-corrected chi connectivity index (χ3v) is 11.5. The van der Waals surface area contributed by atoms with E-state index >= 15 is 0 Å². The van der Waals surface area contributed by atoms with E-state index in [4.69, 9.17) is 0 Å². The summed E-state index contributed by atoms with van der Waals surface area (Å²) in [6.45, 7) is 4.37. The summed E-state index contributed by atoms with van der Waals surface area (Å²) < 4.78 is 0. The highest BCUT2D eigenvalue weighted by Crippen LogP contribution is 2.17. The van der Waals surface area contributed by atoms with Crippen LogP contribution in [0, 0.1) is 0 Å². The molecule has 0 heterocycles. The van der Waals surface area contributed by atoms with E-state index in [9.17, 15) is 15.0 Å². The lowest BCUT2D eigenvalue weighted by atomic mass is 10.0. The van der Waals surface area contributed by atoms with Gasteiger partial charge in [0.05, 0.1) is 18.8 Å². The van der Waals surface area contributed by atoms with Crippen LogP contribution in [0.15, 0.2) is 12.2 Å². The van der Waals surface area contributed by atoms with Crippen LogP contribution < -0.4 is 5.32 Å². The van der Waals surface area contributed by atoms with Gasteiger partial charge in [0.2, 0.25) is 5.91 Å². The van der Waals surface area contributed by atoms with Crippen molar-refractivity contribution in [2.45, 2.75) is 289 Å². The molecule has 0 aliphatic heterocycles. The highest BCUT2D eigenvalue weighted by Gasteiger charge is 2.20. The molecular weight excluding hydrogens is 651 g/mol. The van der Waals surface area contributed by atoms with Gasteiger partial charge in [-0.2, -0.15) is 0 Å². The minimum absolute atomic E-state index is 0.0369. The number of rotatable bonds is 45. The highest BCUT2D eigenvalue weighted by atomic mass is 16.3. The van der Waals surface area contributed by atoms with E-state index in [1.165, 1.54) is 225 Å². The first-order chi connectivity index (χ1) is 26.2. The van der Waals surface area contributed by atoms with Crippen LogP contribution >= 0.6 is 0 Å². The van der Waals surface area contributed by atoms with Gasteiger partial charge in [-0.05, 0) is 38.5 Å². The molecule has 0 aromatic carbocycles. The molecule has 2 unspecified atom stereocenters. The second kappa shape index (κ2) is 45.5. The molecule has 0 fully saturated rings. The fraction of sp³-hybridized carbons (Fsp3) is 0.939. The molecule has 0 radical (unpaired) electrons. The second-order valence-corrected chi connectivity index (χ2v) is 16.9. The van der Waals surface area contributed by atoms with Gasteiger partial charge >= 0.3 is 0 Å². The van der Waals surface area contributed by atoms with Crippen molar-refractivity contribution in [3.8, 4) is 0 Å². The number of hydrogen-bond acceptors (Lipinski definition) is 3. The Morgan fingerprint density at radius 3 is 1.04 bits per heavy atom. The Morgan fingerprint density at radius 2 is 0.717 bits per heavy atom. The summed E-state index contributed by atoms with van der Waals surface area (Å²) in [5.41, 5.74) is 0. The van der Waals surface area contributed by atoms with Crippen molar-refractivity contribution in [3.05, 3.63) is 12.2 Å².